The summed E-state index contributed by atoms with van der Waals surface area (Å²) >= 11 is 0. The number of carbonyl (C=O) groups is 2. The van der Waals surface area contributed by atoms with Crippen LogP contribution in [0.25, 0.3) is 0 Å². The molecule has 0 aromatic carbocycles. The Labute approximate surface area is 100 Å². The lowest BCUT2D eigenvalue weighted by atomic mass is 9.94. The summed E-state index contributed by atoms with van der Waals surface area (Å²) in [5.74, 6) is 0.198. The Hall–Kier alpha value is -1.71. The molecule has 0 atom stereocenters. The predicted octanol–water partition coefficient (Wildman–Crippen LogP) is 1.63. The number of aryl methyl sites for hydroxylation is 1. The Kier molecular flexibility index (Phi) is 3.52. The highest BCUT2D eigenvalue weighted by molar-refractivity contribution is 5.94. The zero-order valence-corrected chi connectivity index (χ0v) is 9.90. The van der Waals surface area contributed by atoms with Gasteiger partial charge in [-0.3, -0.25) is 14.6 Å². The highest BCUT2D eigenvalue weighted by atomic mass is 16.1. The molecular weight excluding hydrogens is 216 g/mol. The van der Waals surface area contributed by atoms with Crippen molar-refractivity contribution in [3.05, 3.63) is 29.6 Å². The highest BCUT2D eigenvalue weighted by Crippen LogP contribution is 2.15. The molecule has 2 rings (SSSR count). The number of hydrogen-bond donors (Lipinski definition) is 1. The minimum Gasteiger partial charge on any atom is -0.349 e. The summed E-state index contributed by atoms with van der Waals surface area (Å²) < 4.78 is 0. The minimum absolute atomic E-state index is 0.100. The van der Waals surface area contributed by atoms with Gasteiger partial charge in [-0.1, -0.05) is 0 Å². The second-order valence-corrected chi connectivity index (χ2v) is 4.47. The van der Waals surface area contributed by atoms with E-state index in [4.69, 9.17) is 0 Å². The van der Waals surface area contributed by atoms with Crippen molar-refractivity contribution < 1.29 is 9.59 Å². The number of Topliss-reactive ketones (excluding diaryl/α,β-unsaturated/α-hetero) is 1. The molecule has 1 heterocycles. The average Bonchev–Trinajstić information content (AvgIpc) is 2.33. The first kappa shape index (κ1) is 11.8. The fraction of sp³-hybridized carbons (Fsp3) is 0.462. The Morgan fingerprint density at radius 3 is 2.65 bits per heavy atom. The van der Waals surface area contributed by atoms with Gasteiger partial charge < -0.3 is 5.32 Å². The van der Waals surface area contributed by atoms with Crippen LogP contribution in [-0.4, -0.2) is 22.7 Å². The number of rotatable bonds is 2. The zero-order valence-electron chi connectivity index (χ0n) is 9.90. The lowest BCUT2D eigenvalue weighted by Crippen LogP contribution is -2.37. The summed E-state index contributed by atoms with van der Waals surface area (Å²) in [4.78, 5) is 27.0. The number of carbonyl (C=O) groups excluding carboxylic acids is 2. The van der Waals surface area contributed by atoms with Gasteiger partial charge in [0.15, 0.2) is 0 Å². The van der Waals surface area contributed by atoms with Crippen molar-refractivity contribution in [2.75, 3.05) is 0 Å². The molecule has 4 nitrogen and oxygen atoms in total. The quantitative estimate of drug-likeness (QED) is 0.843. The van der Waals surface area contributed by atoms with Crippen molar-refractivity contribution in [2.24, 2.45) is 0 Å². The lowest BCUT2D eigenvalue weighted by molar-refractivity contribution is -0.120. The molecule has 0 saturated heterocycles. The molecule has 0 radical (unpaired) electrons. The van der Waals surface area contributed by atoms with E-state index >= 15 is 0 Å². The minimum atomic E-state index is -0.100. The fourth-order valence-corrected chi connectivity index (χ4v) is 1.95. The maximum absolute atomic E-state index is 11.9. The van der Waals surface area contributed by atoms with Crippen molar-refractivity contribution in [3.63, 3.8) is 0 Å². The normalized spacial score (nSPS) is 16.9. The van der Waals surface area contributed by atoms with Crippen molar-refractivity contribution in [1.29, 1.82) is 0 Å². The number of nitrogens with zero attached hydrogens (tertiary/aromatic N) is 1. The molecule has 0 spiro atoms. The molecule has 1 aliphatic rings. The largest absolute Gasteiger partial charge is 0.349 e. The van der Waals surface area contributed by atoms with Gasteiger partial charge in [-0.25, -0.2) is 0 Å². The van der Waals surface area contributed by atoms with Crippen LogP contribution in [0.1, 0.15) is 41.7 Å². The first-order valence-electron chi connectivity index (χ1n) is 5.90. The van der Waals surface area contributed by atoms with Gasteiger partial charge in [-0.05, 0) is 31.9 Å². The van der Waals surface area contributed by atoms with E-state index in [1.165, 1.54) is 0 Å². The molecule has 0 bridgehead atoms. The Bertz CT molecular complexity index is 416. The Balaban J connectivity index is 1.93. The topological polar surface area (TPSA) is 59.1 Å². The lowest BCUT2D eigenvalue weighted by Gasteiger charge is -2.22. The van der Waals surface area contributed by atoms with Gasteiger partial charge in [0, 0.05) is 30.8 Å². The first-order valence-corrected chi connectivity index (χ1v) is 5.90. The third-order valence-corrected chi connectivity index (χ3v) is 3.05. The van der Waals surface area contributed by atoms with Crippen LogP contribution in [0.3, 0.4) is 0 Å². The van der Waals surface area contributed by atoms with Gasteiger partial charge in [0.1, 0.15) is 5.78 Å². The molecule has 1 aromatic heterocycles. The van der Waals surface area contributed by atoms with E-state index in [2.05, 4.69) is 10.3 Å². The van der Waals surface area contributed by atoms with E-state index < -0.39 is 0 Å². The van der Waals surface area contributed by atoms with E-state index in [0.29, 0.717) is 24.2 Å². The van der Waals surface area contributed by atoms with E-state index in [1.54, 1.807) is 12.3 Å². The molecule has 0 unspecified atom stereocenters. The van der Waals surface area contributed by atoms with Crippen LogP contribution in [0, 0.1) is 6.92 Å². The Morgan fingerprint density at radius 2 is 2.06 bits per heavy atom. The number of nitrogens with one attached hydrogen (secondary N) is 1. The molecule has 17 heavy (non-hydrogen) atoms. The summed E-state index contributed by atoms with van der Waals surface area (Å²) in [6.07, 6.45) is 4.25. The maximum Gasteiger partial charge on any atom is 0.253 e. The van der Waals surface area contributed by atoms with Gasteiger partial charge in [0.25, 0.3) is 5.91 Å². The third-order valence-electron chi connectivity index (χ3n) is 3.05. The second-order valence-electron chi connectivity index (χ2n) is 4.47. The van der Waals surface area contributed by atoms with E-state index in [9.17, 15) is 9.59 Å². The molecule has 90 valence electrons. The smallest absolute Gasteiger partial charge is 0.253 e. The molecule has 1 saturated carbocycles. The number of ketones is 1. The first-order chi connectivity index (χ1) is 8.15. The van der Waals surface area contributed by atoms with Crippen molar-refractivity contribution in [3.8, 4) is 0 Å². The second kappa shape index (κ2) is 5.08. The summed E-state index contributed by atoms with van der Waals surface area (Å²) in [5, 5.41) is 2.94. The van der Waals surface area contributed by atoms with E-state index in [0.717, 1.165) is 18.5 Å². The van der Waals surface area contributed by atoms with Gasteiger partial charge in [0.2, 0.25) is 0 Å². The molecular formula is C13H16N2O2. The van der Waals surface area contributed by atoms with Crippen LogP contribution < -0.4 is 5.32 Å². The fourth-order valence-electron chi connectivity index (χ4n) is 1.95. The summed E-state index contributed by atoms with van der Waals surface area (Å²) in [6, 6.07) is 3.71. The van der Waals surface area contributed by atoms with Gasteiger partial charge in [-0.15, -0.1) is 0 Å². The van der Waals surface area contributed by atoms with Gasteiger partial charge in [-0.2, -0.15) is 0 Å². The number of pyridine rings is 1. The average molecular weight is 232 g/mol. The number of hydrogen-bond acceptors (Lipinski definition) is 3. The van der Waals surface area contributed by atoms with Crippen LogP contribution >= 0.6 is 0 Å². The maximum atomic E-state index is 11.9. The third kappa shape index (κ3) is 3.12. The SMILES string of the molecule is Cc1ccc(C(=O)NC2CCC(=O)CC2)cn1. The van der Waals surface area contributed by atoms with E-state index in [1.807, 2.05) is 13.0 Å². The molecule has 1 N–H and O–H groups in total. The summed E-state index contributed by atoms with van der Waals surface area (Å²) in [5.41, 5.74) is 1.47. The monoisotopic (exact) mass is 232 g/mol. The zero-order chi connectivity index (χ0) is 12.3. The molecule has 1 aromatic rings. The van der Waals surface area contributed by atoms with Crippen LogP contribution in [0.15, 0.2) is 18.3 Å². The van der Waals surface area contributed by atoms with Crippen molar-refractivity contribution in [2.45, 2.75) is 38.6 Å². The number of aromatic nitrogens is 1. The van der Waals surface area contributed by atoms with Gasteiger partial charge in [0.05, 0.1) is 5.56 Å². The summed E-state index contributed by atoms with van der Waals surface area (Å²) in [7, 11) is 0. The van der Waals surface area contributed by atoms with Crippen LogP contribution in [0.5, 0.6) is 0 Å². The van der Waals surface area contributed by atoms with E-state index in [-0.39, 0.29) is 11.9 Å². The number of amides is 1. The van der Waals surface area contributed by atoms with Crippen LogP contribution in [-0.2, 0) is 4.79 Å². The van der Waals surface area contributed by atoms with Crippen molar-refractivity contribution >= 4 is 11.7 Å². The van der Waals surface area contributed by atoms with Crippen LogP contribution in [0.2, 0.25) is 0 Å². The standard InChI is InChI=1S/C13H16N2O2/c1-9-2-3-10(8-14-9)13(17)15-11-4-6-12(16)7-5-11/h2-3,8,11H,4-7H2,1H3,(H,15,17). The molecule has 1 aliphatic carbocycles. The molecule has 0 aliphatic heterocycles. The van der Waals surface area contributed by atoms with Crippen LogP contribution in [0.4, 0.5) is 0 Å². The van der Waals surface area contributed by atoms with Gasteiger partial charge >= 0.3 is 0 Å². The summed E-state index contributed by atoms with van der Waals surface area (Å²) in [6.45, 7) is 1.88. The molecule has 4 heteroatoms. The van der Waals surface area contributed by atoms with Crippen molar-refractivity contribution in [1.82, 2.24) is 10.3 Å². The molecule has 1 amide bonds. The Morgan fingerprint density at radius 1 is 1.35 bits per heavy atom. The predicted molar refractivity (Wildman–Crippen MR) is 63.7 cm³/mol. The highest BCUT2D eigenvalue weighted by Gasteiger charge is 2.20. The molecule has 1 fully saturated rings.